The van der Waals surface area contributed by atoms with Crippen molar-refractivity contribution >= 4 is 23.2 Å². The number of aromatic amines is 1. The predicted molar refractivity (Wildman–Crippen MR) is 50.5 cm³/mol. The number of fused-ring (bicyclic) bond motifs is 1. The Morgan fingerprint density at radius 3 is 3.29 bits per heavy atom. The molecule has 0 spiro atoms. The number of imidazole rings is 1. The van der Waals surface area contributed by atoms with Gasteiger partial charge in [0.15, 0.2) is 11.5 Å². The van der Waals surface area contributed by atoms with Gasteiger partial charge in [-0.25, -0.2) is 15.0 Å². The molecule has 0 atom stereocenters. The Kier molecular flexibility index (Phi) is 2.22. The molecule has 0 saturated heterocycles. The molecule has 0 aromatic carbocycles. The number of oxime groups is 1. The minimum atomic E-state index is 0.391. The lowest BCUT2D eigenvalue weighted by Gasteiger charge is -2.00. The molecule has 2 heterocycles. The Labute approximate surface area is 78.9 Å². The highest BCUT2D eigenvalue weighted by Gasteiger charge is 2.03. The van der Waals surface area contributed by atoms with Gasteiger partial charge in [-0.1, -0.05) is 0 Å². The molecule has 0 amide bonds. The van der Waals surface area contributed by atoms with E-state index in [-0.39, 0.29) is 0 Å². The van der Waals surface area contributed by atoms with Crippen LogP contribution in [0.1, 0.15) is 0 Å². The largest absolute Gasteiger partial charge is 0.411 e. The molecule has 14 heavy (non-hydrogen) atoms. The predicted octanol–water partition coefficient (Wildman–Crippen LogP) is 0.225. The second-order valence-electron chi connectivity index (χ2n) is 2.50. The average molecular weight is 192 g/mol. The van der Waals surface area contributed by atoms with Crippen LogP contribution in [0.2, 0.25) is 0 Å². The van der Waals surface area contributed by atoms with Gasteiger partial charge in [-0.05, 0) is 0 Å². The van der Waals surface area contributed by atoms with Gasteiger partial charge < -0.3 is 15.5 Å². The summed E-state index contributed by atoms with van der Waals surface area (Å²) in [7, 11) is 0. The van der Waals surface area contributed by atoms with Gasteiger partial charge in [-0.3, -0.25) is 0 Å². The number of anilines is 1. The molecule has 7 heteroatoms. The van der Waals surface area contributed by atoms with Gasteiger partial charge in [-0.2, -0.15) is 0 Å². The zero-order chi connectivity index (χ0) is 9.80. The molecule has 2 aromatic heterocycles. The van der Waals surface area contributed by atoms with Crippen molar-refractivity contribution < 1.29 is 5.21 Å². The molecule has 0 aliphatic rings. The maximum absolute atomic E-state index is 8.19. The van der Waals surface area contributed by atoms with Crippen molar-refractivity contribution in [3.63, 3.8) is 0 Å². The maximum atomic E-state index is 8.19. The van der Waals surface area contributed by atoms with E-state index >= 15 is 0 Å². The van der Waals surface area contributed by atoms with Crippen molar-refractivity contribution in [2.24, 2.45) is 5.16 Å². The molecule has 0 fully saturated rings. The maximum Gasteiger partial charge on any atom is 0.182 e. The Bertz CT molecular complexity index is 450. The van der Waals surface area contributed by atoms with E-state index in [1.165, 1.54) is 12.5 Å². The molecule has 0 aliphatic heterocycles. The third-order valence-electron chi connectivity index (χ3n) is 1.67. The van der Waals surface area contributed by atoms with Crippen LogP contribution in [0.15, 0.2) is 17.8 Å². The second kappa shape index (κ2) is 3.69. The minimum absolute atomic E-state index is 0.391. The van der Waals surface area contributed by atoms with Crippen LogP contribution in [0.5, 0.6) is 0 Å². The average Bonchev–Trinajstić information content (AvgIpc) is 2.67. The van der Waals surface area contributed by atoms with Gasteiger partial charge in [0, 0.05) is 0 Å². The van der Waals surface area contributed by atoms with Crippen LogP contribution < -0.4 is 5.32 Å². The van der Waals surface area contributed by atoms with Crippen LogP contribution in [0.25, 0.3) is 11.2 Å². The molecule has 0 radical (unpaired) electrons. The quantitative estimate of drug-likeness (QED) is 0.367. The molecule has 0 bridgehead atoms. The Morgan fingerprint density at radius 1 is 1.50 bits per heavy atom. The van der Waals surface area contributed by atoms with Crippen LogP contribution in [0, 0.1) is 0 Å². The highest BCUT2D eigenvalue weighted by Crippen LogP contribution is 2.13. The highest BCUT2D eigenvalue weighted by atomic mass is 16.4. The van der Waals surface area contributed by atoms with E-state index in [1.807, 2.05) is 0 Å². The topological polar surface area (TPSA) is 99.1 Å². The number of hydrogen-bond donors (Lipinski definition) is 3. The van der Waals surface area contributed by atoms with Crippen molar-refractivity contribution in [2.45, 2.75) is 0 Å². The molecule has 0 unspecified atom stereocenters. The molecule has 3 N–H and O–H groups in total. The second-order valence-corrected chi connectivity index (χ2v) is 2.50. The van der Waals surface area contributed by atoms with E-state index in [2.05, 4.69) is 30.4 Å². The zero-order valence-electron chi connectivity index (χ0n) is 7.18. The molecule has 7 nitrogen and oxygen atoms in total. The molecule has 72 valence electrons. The summed E-state index contributed by atoms with van der Waals surface area (Å²) in [6.07, 6.45) is 4.29. The monoisotopic (exact) mass is 192 g/mol. The normalized spacial score (nSPS) is 11.1. The van der Waals surface area contributed by atoms with Crippen molar-refractivity contribution in [3.05, 3.63) is 12.7 Å². The van der Waals surface area contributed by atoms with Gasteiger partial charge in [-0.15, -0.1) is 5.16 Å². The lowest BCUT2D eigenvalue weighted by atomic mass is 10.5. The first-order valence-corrected chi connectivity index (χ1v) is 3.95. The third kappa shape index (κ3) is 1.47. The number of hydrogen-bond acceptors (Lipinski definition) is 6. The smallest absolute Gasteiger partial charge is 0.182 e. The van der Waals surface area contributed by atoms with E-state index in [9.17, 15) is 0 Å². The van der Waals surface area contributed by atoms with E-state index in [4.69, 9.17) is 5.21 Å². The fourth-order valence-corrected chi connectivity index (χ4v) is 1.08. The van der Waals surface area contributed by atoms with Crippen LogP contribution in [-0.4, -0.2) is 37.9 Å². The fraction of sp³-hybridized carbons (Fsp3) is 0.143. The molecular weight excluding hydrogens is 184 g/mol. The van der Waals surface area contributed by atoms with Crippen LogP contribution >= 0.6 is 0 Å². The van der Waals surface area contributed by atoms with E-state index in [0.717, 1.165) is 5.52 Å². The summed E-state index contributed by atoms with van der Waals surface area (Å²) < 4.78 is 0. The number of aromatic nitrogens is 4. The Hall–Kier alpha value is -2.18. The number of H-pyrrole nitrogens is 1. The summed E-state index contributed by atoms with van der Waals surface area (Å²) in [4.78, 5) is 14.9. The van der Waals surface area contributed by atoms with E-state index in [1.54, 1.807) is 6.33 Å². The van der Waals surface area contributed by atoms with E-state index < -0.39 is 0 Å². The summed E-state index contributed by atoms with van der Waals surface area (Å²) in [5.41, 5.74) is 1.34. The number of rotatable bonds is 3. The Balaban J connectivity index is 2.27. The van der Waals surface area contributed by atoms with Gasteiger partial charge in [0.05, 0.1) is 19.1 Å². The van der Waals surface area contributed by atoms with Gasteiger partial charge in [0.2, 0.25) is 0 Å². The van der Waals surface area contributed by atoms with Gasteiger partial charge in [0.1, 0.15) is 11.8 Å². The minimum Gasteiger partial charge on any atom is -0.411 e. The zero-order valence-corrected chi connectivity index (χ0v) is 7.18. The van der Waals surface area contributed by atoms with Crippen LogP contribution in [0.3, 0.4) is 0 Å². The molecule has 2 aromatic rings. The fourth-order valence-electron chi connectivity index (χ4n) is 1.08. The first kappa shape index (κ1) is 8.42. The van der Waals surface area contributed by atoms with Crippen molar-refractivity contribution in [1.29, 1.82) is 0 Å². The molecule has 0 saturated carbocycles. The van der Waals surface area contributed by atoms with Gasteiger partial charge in [0.25, 0.3) is 0 Å². The molecule has 2 rings (SSSR count). The summed E-state index contributed by atoms with van der Waals surface area (Å²) in [5.74, 6) is 0.632. The van der Waals surface area contributed by atoms with Crippen molar-refractivity contribution in [2.75, 3.05) is 11.9 Å². The lowest BCUT2D eigenvalue weighted by Crippen LogP contribution is -2.05. The summed E-state index contributed by atoms with van der Waals surface area (Å²) >= 11 is 0. The Morgan fingerprint density at radius 2 is 2.43 bits per heavy atom. The van der Waals surface area contributed by atoms with E-state index in [0.29, 0.717) is 18.0 Å². The number of nitrogens with zero attached hydrogens (tertiary/aromatic N) is 4. The SMILES string of the molecule is O/N=C/CNc1ncnc2nc[nH]c12. The summed E-state index contributed by atoms with van der Waals surface area (Å²) in [5, 5.41) is 14.0. The highest BCUT2D eigenvalue weighted by molar-refractivity contribution is 5.83. The molecular formula is C7H8N6O. The summed E-state index contributed by atoms with van der Waals surface area (Å²) in [6, 6.07) is 0. The third-order valence-corrected chi connectivity index (χ3v) is 1.67. The van der Waals surface area contributed by atoms with Crippen LogP contribution in [-0.2, 0) is 0 Å². The molecule has 0 aliphatic carbocycles. The standard InChI is InChI=1S/C7H8N6O/c14-13-2-1-8-6-5-7(10-3-9-5)12-4-11-6/h2-4,14H,1H2,(H2,8,9,10,11,12)/b13-2+. The van der Waals surface area contributed by atoms with Crippen LogP contribution in [0.4, 0.5) is 5.82 Å². The van der Waals surface area contributed by atoms with Gasteiger partial charge >= 0.3 is 0 Å². The number of nitrogens with one attached hydrogen (secondary N) is 2. The van der Waals surface area contributed by atoms with Crippen molar-refractivity contribution in [1.82, 2.24) is 19.9 Å². The summed E-state index contributed by atoms with van der Waals surface area (Å²) in [6.45, 7) is 0.391. The van der Waals surface area contributed by atoms with Crippen molar-refractivity contribution in [3.8, 4) is 0 Å². The lowest BCUT2D eigenvalue weighted by molar-refractivity contribution is 0.321. The first-order valence-electron chi connectivity index (χ1n) is 3.95. The first-order chi connectivity index (χ1) is 6.92.